The highest BCUT2D eigenvalue weighted by Gasteiger charge is 2.04. The number of hydrogen-bond donors (Lipinski definition) is 2. The van der Waals surface area contributed by atoms with E-state index in [1.54, 1.807) is 6.26 Å². The normalized spacial score (nSPS) is 13.4. The van der Waals surface area contributed by atoms with Crippen LogP contribution in [0.5, 0.6) is 0 Å². The molecule has 0 radical (unpaired) electrons. The van der Waals surface area contributed by atoms with Crippen molar-refractivity contribution in [1.29, 1.82) is 0 Å². The molecule has 0 aliphatic carbocycles. The first kappa shape index (κ1) is 7.31. The van der Waals surface area contributed by atoms with Gasteiger partial charge in [-0.3, -0.25) is 5.32 Å². The van der Waals surface area contributed by atoms with Crippen LogP contribution in [0.25, 0.3) is 0 Å². The van der Waals surface area contributed by atoms with Gasteiger partial charge in [-0.15, -0.1) is 0 Å². The average molecular weight is 140 g/mol. The standard InChI is InChI=1S/C7H12N2O/c1-2-9-7(8)6-4-3-5-10-6/h3-5,7,9H,2,8H2,1H3. The third kappa shape index (κ3) is 1.59. The molecule has 3 N–H and O–H groups in total. The van der Waals surface area contributed by atoms with Crippen molar-refractivity contribution in [2.24, 2.45) is 5.73 Å². The Balaban J connectivity index is 2.50. The van der Waals surface area contributed by atoms with Gasteiger partial charge in [0.15, 0.2) is 0 Å². The van der Waals surface area contributed by atoms with Gasteiger partial charge >= 0.3 is 0 Å². The zero-order valence-electron chi connectivity index (χ0n) is 6.00. The van der Waals surface area contributed by atoms with Crippen LogP contribution in [0.4, 0.5) is 0 Å². The van der Waals surface area contributed by atoms with Crippen molar-refractivity contribution in [2.45, 2.75) is 13.1 Å². The molecule has 1 heterocycles. The number of rotatable bonds is 3. The van der Waals surface area contributed by atoms with E-state index in [1.165, 1.54) is 0 Å². The van der Waals surface area contributed by atoms with Crippen LogP contribution in [-0.4, -0.2) is 6.54 Å². The molecule has 1 aromatic rings. The van der Waals surface area contributed by atoms with E-state index in [0.717, 1.165) is 12.3 Å². The molecule has 3 heteroatoms. The second-order valence-electron chi connectivity index (χ2n) is 2.05. The van der Waals surface area contributed by atoms with Gasteiger partial charge in [0, 0.05) is 0 Å². The summed E-state index contributed by atoms with van der Waals surface area (Å²) in [7, 11) is 0. The van der Waals surface area contributed by atoms with Crippen molar-refractivity contribution in [3.63, 3.8) is 0 Å². The molecular weight excluding hydrogens is 128 g/mol. The maximum absolute atomic E-state index is 5.65. The van der Waals surface area contributed by atoms with Crippen LogP contribution in [0.1, 0.15) is 18.8 Å². The van der Waals surface area contributed by atoms with E-state index >= 15 is 0 Å². The predicted molar refractivity (Wildman–Crippen MR) is 39.3 cm³/mol. The van der Waals surface area contributed by atoms with E-state index in [4.69, 9.17) is 10.2 Å². The van der Waals surface area contributed by atoms with Gasteiger partial charge in [-0.25, -0.2) is 0 Å². The Labute approximate surface area is 60.2 Å². The molecule has 0 aromatic carbocycles. The molecule has 0 aliphatic rings. The minimum atomic E-state index is -0.167. The van der Waals surface area contributed by atoms with Crippen molar-refractivity contribution in [3.8, 4) is 0 Å². The Morgan fingerprint density at radius 1 is 1.80 bits per heavy atom. The molecule has 1 rings (SSSR count). The topological polar surface area (TPSA) is 51.2 Å². The zero-order chi connectivity index (χ0) is 7.40. The summed E-state index contributed by atoms with van der Waals surface area (Å²) < 4.78 is 5.06. The van der Waals surface area contributed by atoms with Gasteiger partial charge < -0.3 is 10.2 Å². The second-order valence-corrected chi connectivity index (χ2v) is 2.05. The van der Waals surface area contributed by atoms with Crippen molar-refractivity contribution in [3.05, 3.63) is 24.2 Å². The molecule has 1 aromatic heterocycles. The van der Waals surface area contributed by atoms with Gasteiger partial charge in [-0.2, -0.15) is 0 Å². The van der Waals surface area contributed by atoms with Gasteiger partial charge in [0.05, 0.1) is 6.26 Å². The van der Waals surface area contributed by atoms with Crippen LogP contribution in [0.3, 0.4) is 0 Å². The largest absolute Gasteiger partial charge is 0.466 e. The number of furan rings is 1. The Hall–Kier alpha value is -0.800. The fourth-order valence-electron chi connectivity index (χ4n) is 0.789. The molecule has 1 unspecified atom stereocenters. The highest BCUT2D eigenvalue weighted by molar-refractivity contribution is 5.02. The van der Waals surface area contributed by atoms with Gasteiger partial charge in [-0.1, -0.05) is 6.92 Å². The van der Waals surface area contributed by atoms with E-state index in [2.05, 4.69) is 5.32 Å². The molecule has 1 atom stereocenters. The first-order valence-electron chi connectivity index (χ1n) is 3.37. The van der Waals surface area contributed by atoms with Crippen molar-refractivity contribution >= 4 is 0 Å². The van der Waals surface area contributed by atoms with E-state index in [0.29, 0.717) is 0 Å². The van der Waals surface area contributed by atoms with Crippen LogP contribution < -0.4 is 11.1 Å². The summed E-state index contributed by atoms with van der Waals surface area (Å²) in [6.07, 6.45) is 1.45. The van der Waals surface area contributed by atoms with E-state index < -0.39 is 0 Å². The molecule has 3 nitrogen and oxygen atoms in total. The molecule has 0 fully saturated rings. The maximum atomic E-state index is 5.65. The quantitative estimate of drug-likeness (QED) is 0.612. The Bertz CT molecular complexity index is 172. The van der Waals surface area contributed by atoms with Crippen LogP contribution in [0.2, 0.25) is 0 Å². The van der Waals surface area contributed by atoms with E-state index in [-0.39, 0.29) is 6.17 Å². The minimum Gasteiger partial charge on any atom is -0.466 e. The number of hydrogen-bond acceptors (Lipinski definition) is 3. The summed E-state index contributed by atoms with van der Waals surface area (Å²) in [6, 6.07) is 3.68. The average Bonchev–Trinajstić information content (AvgIpc) is 2.38. The molecule has 0 aliphatic heterocycles. The van der Waals surface area contributed by atoms with Crippen LogP contribution >= 0.6 is 0 Å². The highest BCUT2D eigenvalue weighted by atomic mass is 16.3. The lowest BCUT2D eigenvalue weighted by atomic mass is 10.4. The lowest BCUT2D eigenvalue weighted by Gasteiger charge is -2.07. The molecule has 0 saturated carbocycles. The van der Waals surface area contributed by atoms with Crippen LogP contribution in [-0.2, 0) is 0 Å². The Morgan fingerprint density at radius 3 is 3.10 bits per heavy atom. The summed E-state index contributed by atoms with van der Waals surface area (Å²) >= 11 is 0. The first-order chi connectivity index (χ1) is 4.84. The molecule has 0 saturated heterocycles. The third-order valence-electron chi connectivity index (χ3n) is 1.27. The SMILES string of the molecule is CCNC(N)c1ccco1. The van der Waals surface area contributed by atoms with Crippen LogP contribution in [0, 0.1) is 0 Å². The monoisotopic (exact) mass is 140 g/mol. The summed E-state index contributed by atoms with van der Waals surface area (Å²) in [5, 5.41) is 3.03. The second kappa shape index (κ2) is 3.39. The zero-order valence-corrected chi connectivity index (χ0v) is 6.00. The van der Waals surface area contributed by atoms with Crippen LogP contribution in [0.15, 0.2) is 22.8 Å². The molecule has 10 heavy (non-hydrogen) atoms. The molecule has 0 bridgehead atoms. The molecule has 0 spiro atoms. The van der Waals surface area contributed by atoms with Gasteiger partial charge in [0.1, 0.15) is 11.9 Å². The lowest BCUT2D eigenvalue weighted by molar-refractivity contribution is 0.426. The fraction of sp³-hybridized carbons (Fsp3) is 0.429. The minimum absolute atomic E-state index is 0.167. The van der Waals surface area contributed by atoms with E-state index in [9.17, 15) is 0 Å². The smallest absolute Gasteiger partial charge is 0.135 e. The lowest BCUT2D eigenvalue weighted by Crippen LogP contribution is -2.27. The summed E-state index contributed by atoms with van der Waals surface area (Å²) in [6.45, 7) is 2.85. The first-order valence-corrected chi connectivity index (χ1v) is 3.37. The van der Waals surface area contributed by atoms with E-state index in [1.807, 2.05) is 19.1 Å². The Morgan fingerprint density at radius 2 is 2.60 bits per heavy atom. The third-order valence-corrected chi connectivity index (χ3v) is 1.27. The summed E-state index contributed by atoms with van der Waals surface area (Å²) in [5.74, 6) is 0.779. The molecule has 0 amide bonds. The van der Waals surface area contributed by atoms with Gasteiger partial charge in [0.2, 0.25) is 0 Å². The number of nitrogens with one attached hydrogen (secondary N) is 1. The highest BCUT2D eigenvalue weighted by Crippen LogP contribution is 2.06. The van der Waals surface area contributed by atoms with Gasteiger partial charge in [-0.05, 0) is 18.7 Å². The van der Waals surface area contributed by atoms with Crippen molar-refractivity contribution < 1.29 is 4.42 Å². The summed E-state index contributed by atoms with van der Waals surface area (Å²) in [4.78, 5) is 0. The summed E-state index contributed by atoms with van der Waals surface area (Å²) in [5.41, 5.74) is 5.65. The van der Waals surface area contributed by atoms with Crippen molar-refractivity contribution in [2.75, 3.05) is 6.54 Å². The predicted octanol–water partition coefficient (Wildman–Crippen LogP) is 0.846. The van der Waals surface area contributed by atoms with Crippen molar-refractivity contribution in [1.82, 2.24) is 5.32 Å². The number of nitrogens with two attached hydrogens (primary N) is 1. The fourth-order valence-corrected chi connectivity index (χ4v) is 0.789. The molecule has 56 valence electrons. The maximum Gasteiger partial charge on any atom is 0.135 e. The van der Waals surface area contributed by atoms with Gasteiger partial charge in [0.25, 0.3) is 0 Å². The Kier molecular flexibility index (Phi) is 2.48. The molecular formula is C7H12N2O.